The monoisotopic (exact) mass is 480 g/mol. The Balaban J connectivity index is 1.40. The minimum Gasteiger partial charge on any atom is -0.506 e. The molecular formula is C23H21ClN6O4. The number of ketones is 1. The van der Waals surface area contributed by atoms with Crippen LogP contribution < -0.4 is 21.7 Å². The predicted octanol–water partition coefficient (Wildman–Crippen LogP) is 1.15. The Morgan fingerprint density at radius 2 is 1.62 bits per heavy atom. The van der Waals surface area contributed by atoms with E-state index in [0.717, 1.165) is 0 Å². The summed E-state index contributed by atoms with van der Waals surface area (Å²) in [7, 11) is 0. The van der Waals surface area contributed by atoms with Crippen molar-refractivity contribution in [1.29, 1.82) is 0 Å². The first kappa shape index (κ1) is 23.1. The van der Waals surface area contributed by atoms with Gasteiger partial charge >= 0.3 is 0 Å². The summed E-state index contributed by atoms with van der Waals surface area (Å²) < 4.78 is 0. The van der Waals surface area contributed by atoms with Gasteiger partial charge in [-0.15, -0.1) is 0 Å². The number of hydrogen-bond donors (Lipinski definition) is 5. The Labute approximate surface area is 199 Å². The van der Waals surface area contributed by atoms with Gasteiger partial charge in [-0.1, -0.05) is 29.8 Å². The highest BCUT2D eigenvalue weighted by molar-refractivity contribution is 6.33. The number of hydrogen-bond acceptors (Lipinski definition) is 8. The van der Waals surface area contributed by atoms with Gasteiger partial charge in [-0.25, -0.2) is 9.97 Å². The van der Waals surface area contributed by atoms with Crippen molar-refractivity contribution in [3.63, 3.8) is 0 Å². The van der Waals surface area contributed by atoms with E-state index in [1.54, 1.807) is 6.07 Å². The van der Waals surface area contributed by atoms with Gasteiger partial charge in [0.25, 0.3) is 11.8 Å². The molecule has 0 aliphatic carbocycles. The van der Waals surface area contributed by atoms with Crippen LogP contribution in [0.4, 0.5) is 5.95 Å². The number of aromatic nitrogens is 2. The predicted molar refractivity (Wildman–Crippen MR) is 125 cm³/mol. The average molecular weight is 481 g/mol. The first-order valence-corrected chi connectivity index (χ1v) is 10.7. The maximum absolute atomic E-state index is 12.8. The van der Waals surface area contributed by atoms with Crippen LogP contribution in [0.3, 0.4) is 0 Å². The Kier molecular flexibility index (Phi) is 6.71. The molecule has 34 heavy (non-hydrogen) atoms. The summed E-state index contributed by atoms with van der Waals surface area (Å²) in [5, 5.41) is 19.0. The van der Waals surface area contributed by atoms with Crippen LogP contribution in [0.25, 0.3) is 0 Å². The van der Waals surface area contributed by atoms with E-state index in [9.17, 15) is 19.5 Å². The molecule has 1 aromatic heterocycles. The largest absolute Gasteiger partial charge is 0.506 e. The molecule has 2 heterocycles. The molecule has 0 radical (unpaired) electrons. The SMILES string of the molecule is Nc1nccc(C(=O)N[C@@H]2CNCC2NC(=O)c2ccc(C(=O)c3cccc(Cl)c3O)cc2)n1. The summed E-state index contributed by atoms with van der Waals surface area (Å²) in [6, 6.07) is 11.3. The van der Waals surface area contributed by atoms with E-state index in [1.165, 1.54) is 48.7 Å². The number of aromatic hydroxyl groups is 1. The Hall–Kier alpha value is -4.02. The number of nitrogens with one attached hydrogen (secondary N) is 3. The molecule has 4 rings (SSSR count). The van der Waals surface area contributed by atoms with Crippen LogP contribution in [0, 0.1) is 0 Å². The second kappa shape index (κ2) is 9.86. The number of halogens is 1. The van der Waals surface area contributed by atoms with Gasteiger partial charge in [0.1, 0.15) is 11.4 Å². The molecule has 0 saturated carbocycles. The van der Waals surface area contributed by atoms with Gasteiger partial charge < -0.3 is 26.8 Å². The van der Waals surface area contributed by atoms with Crippen molar-refractivity contribution in [1.82, 2.24) is 25.9 Å². The summed E-state index contributed by atoms with van der Waals surface area (Å²) in [4.78, 5) is 45.6. The Bertz CT molecular complexity index is 1250. The molecule has 1 saturated heterocycles. The second-order valence-corrected chi connectivity index (χ2v) is 8.07. The van der Waals surface area contributed by atoms with Crippen LogP contribution in [0.2, 0.25) is 5.02 Å². The number of nitrogen functional groups attached to an aromatic ring is 1. The third-order valence-electron chi connectivity index (χ3n) is 5.39. The third kappa shape index (κ3) is 4.98. The highest BCUT2D eigenvalue weighted by atomic mass is 35.5. The molecule has 174 valence electrons. The standard InChI is InChI=1S/C23H21ClN6O4/c24-15-3-1-2-14(20(15)32)19(31)12-4-6-13(7-5-12)21(33)28-17-10-26-11-18(17)29-22(34)16-8-9-27-23(25)30-16/h1-9,17-18,26,32H,10-11H2,(H,28,33)(H,29,34)(H2,25,27,30)/t17?,18-/m1/s1. The highest BCUT2D eigenvalue weighted by Crippen LogP contribution is 2.28. The van der Waals surface area contributed by atoms with Crippen molar-refractivity contribution >= 4 is 35.1 Å². The number of phenolic OH excluding ortho intramolecular Hbond substituents is 1. The van der Waals surface area contributed by atoms with E-state index in [-0.39, 0.29) is 46.0 Å². The van der Waals surface area contributed by atoms with Gasteiger partial charge in [0.15, 0.2) is 5.78 Å². The van der Waals surface area contributed by atoms with Crippen LogP contribution in [0.5, 0.6) is 5.75 Å². The van der Waals surface area contributed by atoms with E-state index < -0.39 is 11.7 Å². The number of rotatable bonds is 6. The maximum Gasteiger partial charge on any atom is 0.270 e. The smallest absolute Gasteiger partial charge is 0.270 e. The van der Waals surface area contributed by atoms with E-state index >= 15 is 0 Å². The fraction of sp³-hybridized carbons (Fsp3) is 0.174. The van der Waals surface area contributed by atoms with Gasteiger partial charge in [0.2, 0.25) is 5.95 Å². The van der Waals surface area contributed by atoms with Crippen LogP contribution >= 0.6 is 11.6 Å². The topological polar surface area (TPSA) is 159 Å². The van der Waals surface area contributed by atoms with Crippen LogP contribution in [0.1, 0.15) is 36.8 Å². The van der Waals surface area contributed by atoms with Crippen molar-refractivity contribution in [3.05, 3.63) is 82.1 Å². The molecular weight excluding hydrogens is 460 g/mol. The molecule has 1 fully saturated rings. The molecule has 1 aliphatic heterocycles. The molecule has 2 aromatic carbocycles. The van der Waals surface area contributed by atoms with Crippen molar-refractivity contribution in [2.45, 2.75) is 12.1 Å². The maximum atomic E-state index is 12.8. The molecule has 2 atom stereocenters. The molecule has 10 nitrogen and oxygen atoms in total. The molecule has 1 aliphatic rings. The molecule has 2 amide bonds. The second-order valence-electron chi connectivity index (χ2n) is 7.66. The number of nitrogens with two attached hydrogens (primary N) is 1. The summed E-state index contributed by atoms with van der Waals surface area (Å²) in [6.45, 7) is 0.932. The van der Waals surface area contributed by atoms with E-state index in [1.807, 2.05) is 0 Å². The lowest BCUT2D eigenvalue weighted by Gasteiger charge is -2.21. The van der Waals surface area contributed by atoms with Crippen molar-refractivity contribution in [2.75, 3.05) is 18.8 Å². The number of amides is 2. The van der Waals surface area contributed by atoms with Gasteiger partial charge in [-0.3, -0.25) is 14.4 Å². The summed E-state index contributed by atoms with van der Waals surface area (Å²) in [5.41, 5.74) is 6.37. The fourth-order valence-electron chi connectivity index (χ4n) is 3.60. The minimum atomic E-state index is -0.422. The quantitative estimate of drug-likeness (QED) is 0.328. The summed E-state index contributed by atoms with van der Waals surface area (Å²) in [6.07, 6.45) is 1.39. The molecule has 0 spiro atoms. The zero-order valence-electron chi connectivity index (χ0n) is 17.8. The first-order valence-electron chi connectivity index (χ1n) is 10.4. The number of carbonyl (C=O) groups excluding carboxylic acids is 3. The number of anilines is 1. The van der Waals surface area contributed by atoms with Crippen molar-refractivity contribution in [3.8, 4) is 5.75 Å². The lowest BCUT2D eigenvalue weighted by atomic mass is 10.0. The molecule has 1 unspecified atom stereocenters. The van der Waals surface area contributed by atoms with Crippen LogP contribution in [0.15, 0.2) is 54.7 Å². The molecule has 11 heteroatoms. The van der Waals surface area contributed by atoms with Gasteiger partial charge in [-0.2, -0.15) is 0 Å². The average Bonchev–Trinajstić information content (AvgIpc) is 3.26. The zero-order valence-corrected chi connectivity index (χ0v) is 18.5. The third-order valence-corrected chi connectivity index (χ3v) is 5.70. The Morgan fingerprint density at radius 3 is 2.29 bits per heavy atom. The summed E-state index contributed by atoms with van der Waals surface area (Å²) in [5.74, 6) is -1.49. The molecule has 3 aromatic rings. The van der Waals surface area contributed by atoms with Crippen molar-refractivity contribution in [2.24, 2.45) is 0 Å². The highest BCUT2D eigenvalue weighted by Gasteiger charge is 2.30. The summed E-state index contributed by atoms with van der Waals surface area (Å²) >= 11 is 5.88. The zero-order chi connectivity index (χ0) is 24.2. The molecule has 0 bridgehead atoms. The molecule has 6 N–H and O–H groups in total. The van der Waals surface area contributed by atoms with Crippen LogP contribution in [-0.2, 0) is 0 Å². The minimum absolute atomic E-state index is 0.00504. The van der Waals surface area contributed by atoms with Gasteiger partial charge in [0.05, 0.1) is 22.7 Å². The van der Waals surface area contributed by atoms with E-state index in [4.69, 9.17) is 17.3 Å². The Morgan fingerprint density at radius 1 is 0.971 bits per heavy atom. The number of benzene rings is 2. The van der Waals surface area contributed by atoms with Crippen LogP contribution in [-0.4, -0.2) is 57.8 Å². The number of phenols is 1. The lowest BCUT2D eigenvalue weighted by Crippen LogP contribution is -2.51. The number of carbonyl (C=O) groups is 3. The number of para-hydroxylation sites is 1. The normalized spacial score (nSPS) is 17.2. The van der Waals surface area contributed by atoms with Gasteiger partial charge in [-0.05, 0) is 30.3 Å². The lowest BCUT2D eigenvalue weighted by molar-refractivity contribution is 0.0894. The van der Waals surface area contributed by atoms with E-state index in [2.05, 4.69) is 25.9 Å². The fourth-order valence-corrected chi connectivity index (χ4v) is 3.78. The van der Waals surface area contributed by atoms with E-state index in [0.29, 0.717) is 24.2 Å². The number of nitrogens with zero attached hydrogens (tertiary/aromatic N) is 2. The van der Waals surface area contributed by atoms with Gasteiger partial charge in [0, 0.05) is 30.4 Å². The van der Waals surface area contributed by atoms with Crippen molar-refractivity contribution < 1.29 is 19.5 Å². The first-order chi connectivity index (χ1) is 16.3.